The summed E-state index contributed by atoms with van der Waals surface area (Å²) >= 11 is 12.0. The number of rotatable bonds is 2. The SMILES string of the molecule is CC(C)(C)c1nc(-c2cccc(Cl)c2Cl)oc1C(=O)O. The normalized spacial score (nSPS) is 11.7. The first-order valence-corrected chi connectivity index (χ1v) is 6.66. The summed E-state index contributed by atoms with van der Waals surface area (Å²) in [6.45, 7) is 5.59. The largest absolute Gasteiger partial charge is 0.475 e. The van der Waals surface area contributed by atoms with E-state index >= 15 is 0 Å². The van der Waals surface area contributed by atoms with E-state index in [4.69, 9.17) is 27.6 Å². The zero-order chi connectivity index (χ0) is 15.1. The number of aromatic nitrogens is 1. The van der Waals surface area contributed by atoms with Gasteiger partial charge in [-0.2, -0.15) is 0 Å². The average molecular weight is 314 g/mol. The molecule has 2 rings (SSSR count). The van der Waals surface area contributed by atoms with Crippen molar-refractivity contribution in [2.24, 2.45) is 0 Å². The maximum atomic E-state index is 11.3. The highest BCUT2D eigenvalue weighted by molar-refractivity contribution is 6.43. The van der Waals surface area contributed by atoms with Crippen LogP contribution in [0.4, 0.5) is 0 Å². The lowest BCUT2D eigenvalue weighted by Gasteiger charge is -2.14. The van der Waals surface area contributed by atoms with Crippen LogP contribution in [0, 0.1) is 0 Å². The van der Waals surface area contributed by atoms with Crippen LogP contribution in [0.3, 0.4) is 0 Å². The first-order chi connectivity index (χ1) is 9.21. The van der Waals surface area contributed by atoms with Crippen LogP contribution in [-0.4, -0.2) is 16.1 Å². The fourth-order valence-corrected chi connectivity index (χ4v) is 2.14. The third kappa shape index (κ3) is 2.67. The predicted molar refractivity (Wildman–Crippen MR) is 77.6 cm³/mol. The second-order valence-electron chi connectivity index (χ2n) is 5.35. The van der Waals surface area contributed by atoms with Gasteiger partial charge in [0, 0.05) is 5.41 Å². The number of aromatic carboxylic acids is 1. The van der Waals surface area contributed by atoms with Crippen molar-refractivity contribution < 1.29 is 14.3 Å². The van der Waals surface area contributed by atoms with Crippen LogP contribution >= 0.6 is 23.2 Å². The number of nitrogens with zero attached hydrogens (tertiary/aromatic N) is 1. The van der Waals surface area contributed by atoms with Crippen molar-refractivity contribution >= 4 is 29.2 Å². The summed E-state index contributed by atoms with van der Waals surface area (Å²) in [6.07, 6.45) is 0. The second-order valence-corrected chi connectivity index (χ2v) is 6.14. The van der Waals surface area contributed by atoms with E-state index in [1.807, 2.05) is 20.8 Å². The standard InChI is InChI=1S/C14H13Cl2NO3/c1-14(2,3)11-10(13(18)19)20-12(17-11)7-5-4-6-8(15)9(7)16/h4-6H,1-3H3,(H,18,19). The Bertz CT molecular complexity index is 672. The lowest BCUT2D eigenvalue weighted by atomic mass is 9.91. The van der Waals surface area contributed by atoms with Crippen LogP contribution < -0.4 is 0 Å². The molecule has 0 atom stereocenters. The number of halogens is 2. The molecule has 1 aromatic heterocycles. The van der Waals surface area contributed by atoms with E-state index in [1.165, 1.54) is 0 Å². The van der Waals surface area contributed by atoms with Gasteiger partial charge < -0.3 is 9.52 Å². The molecule has 0 bridgehead atoms. The molecule has 20 heavy (non-hydrogen) atoms. The number of carboxylic acid groups (broad SMARTS) is 1. The van der Waals surface area contributed by atoms with E-state index in [2.05, 4.69) is 4.98 Å². The Balaban J connectivity index is 2.65. The van der Waals surface area contributed by atoms with Crippen LogP contribution in [-0.2, 0) is 5.41 Å². The Morgan fingerprint density at radius 2 is 1.95 bits per heavy atom. The number of carbonyl (C=O) groups is 1. The van der Waals surface area contributed by atoms with Crippen molar-refractivity contribution in [1.82, 2.24) is 4.98 Å². The highest BCUT2D eigenvalue weighted by Crippen LogP contribution is 2.36. The molecule has 0 radical (unpaired) electrons. The van der Waals surface area contributed by atoms with Gasteiger partial charge in [0.25, 0.3) is 0 Å². The monoisotopic (exact) mass is 313 g/mol. The summed E-state index contributed by atoms with van der Waals surface area (Å²) in [5.74, 6) is -1.19. The summed E-state index contributed by atoms with van der Waals surface area (Å²) in [4.78, 5) is 15.6. The van der Waals surface area contributed by atoms with Crippen molar-refractivity contribution in [2.45, 2.75) is 26.2 Å². The molecule has 0 saturated carbocycles. The fourth-order valence-electron chi connectivity index (χ4n) is 1.76. The summed E-state index contributed by atoms with van der Waals surface area (Å²) in [5, 5.41) is 9.86. The van der Waals surface area contributed by atoms with Crippen LogP contribution in [0.15, 0.2) is 22.6 Å². The van der Waals surface area contributed by atoms with E-state index < -0.39 is 11.4 Å². The first-order valence-electron chi connectivity index (χ1n) is 5.91. The number of hydrogen-bond acceptors (Lipinski definition) is 3. The quantitative estimate of drug-likeness (QED) is 0.877. The van der Waals surface area contributed by atoms with E-state index in [0.717, 1.165) is 0 Å². The molecule has 0 amide bonds. The number of carboxylic acids is 1. The summed E-state index contributed by atoms with van der Waals surface area (Å²) in [7, 11) is 0. The van der Waals surface area contributed by atoms with Gasteiger partial charge in [0.2, 0.25) is 11.7 Å². The van der Waals surface area contributed by atoms with Crippen LogP contribution in [0.25, 0.3) is 11.5 Å². The van der Waals surface area contributed by atoms with Crippen molar-refractivity contribution in [2.75, 3.05) is 0 Å². The van der Waals surface area contributed by atoms with Gasteiger partial charge in [0.15, 0.2) is 0 Å². The Morgan fingerprint density at radius 1 is 1.30 bits per heavy atom. The van der Waals surface area contributed by atoms with Gasteiger partial charge in [-0.3, -0.25) is 0 Å². The van der Waals surface area contributed by atoms with Gasteiger partial charge in [-0.05, 0) is 12.1 Å². The highest BCUT2D eigenvalue weighted by Gasteiger charge is 2.29. The highest BCUT2D eigenvalue weighted by atomic mass is 35.5. The zero-order valence-electron chi connectivity index (χ0n) is 11.2. The smallest absolute Gasteiger partial charge is 0.373 e. The second kappa shape index (κ2) is 5.11. The van der Waals surface area contributed by atoms with Gasteiger partial charge in [-0.25, -0.2) is 9.78 Å². The molecule has 6 heteroatoms. The van der Waals surface area contributed by atoms with Crippen molar-refractivity contribution in [3.63, 3.8) is 0 Å². The van der Waals surface area contributed by atoms with Gasteiger partial charge in [0.05, 0.1) is 15.6 Å². The van der Waals surface area contributed by atoms with E-state index in [1.54, 1.807) is 18.2 Å². The minimum atomic E-state index is -1.16. The number of hydrogen-bond donors (Lipinski definition) is 1. The van der Waals surface area contributed by atoms with Crippen molar-refractivity contribution in [3.8, 4) is 11.5 Å². The molecule has 1 N–H and O–H groups in total. The number of oxazole rings is 1. The third-order valence-corrected chi connectivity index (χ3v) is 3.53. The molecule has 0 aliphatic carbocycles. The lowest BCUT2D eigenvalue weighted by Crippen LogP contribution is -2.16. The molecule has 0 saturated heterocycles. The molecular weight excluding hydrogens is 301 g/mol. The lowest BCUT2D eigenvalue weighted by molar-refractivity contribution is 0.0659. The van der Waals surface area contributed by atoms with Crippen molar-refractivity contribution in [3.05, 3.63) is 39.7 Å². The Morgan fingerprint density at radius 3 is 2.45 bits per heavy atom. The molecule has 4 nitrogen and oxygen atoms in total. The number of benzene rings is 1. The van der Waals surface area contributed by atoms with E-state index in [-0.39, 0.29) is 16.7 Å². The molecular formula is C14H13Cl2NO3. The Labute approximate surface area is 126 Å². The minimum absolute atomic E-state index is 0.153. The predicted octanol–water partition coefficient (Wildman–Crippen LogP) is 4.64. The Kier molecular flexibility index (Phi) is 3.80. The Hall–Kier alpha value is -1.52. The molecule has 0 aliphatic heterocycles. The third-order valence-electron chi connectivity index (χ3n) is 2.71. The molecule has 1 aromatic carbocycles. The molecule has 0 aliphatic rings. The summed E-state index contributed by atoms with van der Waals surface area (Å²) < 4.78 is 5.37. The molecule has 2 aromatic rings. The van der Waals surface area contributed by atoms with Gasteiger partial charge in [-0.15, -0.1) is 0 Å². The molecule has 1 heterocycles. The van der Waals surface area contributed by atoms with Gasteiger partial charge in [0.1, 0.15) is 5.69 Å². The summed E-state index contributed by atoms with van der Waals surface area (Å²) in [6, 6.07) is 5.02. The van der Waals surface area contributed by atoms with E-state index in [0.29, 0.717) is 16.3 Å². The first kappa shape index (κ1) is 14.9. The van der Waals surface area contributed by atoms with Crippen LogP contribution in [0.1, 0.15) is 37.0 Å². The molecule has 0 spiro atoms. The maximum Gasteiger partial charge on any atom is 0.373 e. The molecule has 0 unspecified atom stereocenters. The van der Waals surface area contributed by atoms with Crippen LogP contribution in [0.5, 0.6) is 0 Å². The molecule has 106 valence electrons. The fraction of sp³-hybridized carbons (Fsp3) is 0.286. The average Bonchev–Trinajstić information content (AvgIpc) is 2.77. The van der Waals surface area contributed by atoms with Gasteiger partial charge >= 0.3 is 5.97 Å². The van der Waals surface area contributed by atoms with Crippen molar-refractivity contribution in [1.29, 1.82) is 0 Å². The minimum Gasteiger partial charge on any atom is -0.475 e. The summed E-state index contributed by atoms with van der Waals surface area (Å²) in [5.41, 5.74) is 0.383. The molecule has 0 fully saturated rings. The van der Waals surface area contributed by atoms with Gasteiger partial charge in [-0.1, -0.05) is 50.0 Å². The zero-order valence-corrected chi connectivity index (χ0v) is 12.7. The van der Waals surface area contributed by atoms with E-state index in [9.17, 15) is 9.90 Å². The maximum absolute atomic E-state index is 11.3. The van der Waals surface area contributed by atoms with Crippen LogP contribution in [0.2, 0.25) is 10.0 Å². The topological polar surface area (TPSA) is 63.3 Å².